The fourth-order valence-corrected chi connectivity index (χ4v) is 5.45. The van der Waals surface area contributed by atoms with E-state index in [1.54, 1.807) is 35.4 Å². The molecule has 1 atom stereocenters. The maximum atomic E-state index is 6.13. The van der Waals surface area contributed by atoms with E-state index in [9.17, 15) is 0 Å². The first-order chi connectivity index (χ1) is 14.1. The van der Waals surface area contributed by atoms with Crippen molar-refractivity contribution in [3.05, 3.63) is 75.9 Å². The number of pyridine rings is 1. The summed E-state index contributed by atoms with van der Waals surface area (Å²) in [4.78, 5) is 9.17. The molecular weight excluding hydrogens is 490 g/mol. The molecule has 148 valence electrons. The number of ether oxygens (including phenoxy) is 1. The summed E-state index contributed by atoms with van der Waals surface area (Å²) in [7, 11) is 0. The van der Waals surface area contributed by atoms with Crippen LogP contribution in [0.4, 0.5) is 5.82 Å². The van der Waals surface area contributed by atoms with Gasteiger partial charge in [0.05, 0.1) is 16.8 Å². The minimum Gasteiger partial charge on any atom is -0.494 e. The predicted molar refractivity (Wildman–Crippen MR) is 126 cm³/mol. The summed E-state index contributed by atoms with van der Waals surface area (Å²) in [5.41, 5.74) is 2.09. The molecule has 0 bridgehead atoms. The maximum Gasteiger partial charge on any atom is 0.153 e. The van der Waals surface area contributed by atoms with E-state index in [0.29, 0.717) is 11.6 Å². The van der Waals surface area contributed by atoms with Crippen LogP contribution >= 0.6 is 50.6 Å². The Bertz CT molecular complexity index is 1120. The fraction of sp³-hybridized carbons (Fsp3) is 0.143. The van der Waals surface area contributed by atoms with Gasteiger partial charge in [0.25, 0.3) is 0 Å². The molecule has 0 saturated carbocycles. The maximum absolute atomic E-state index is 6.13. The lowest BCUT2D eigenvalue weighted by Gasteiger charge is -2.18. The number of nitrogens with zero attached hydrogens (tertiary/aromatic N) is 2. The molecule has 2 aromatic carbocycles. The number of anilines is 1. The Morgan fingerprint density at radius 2 is 2.00 bits per heavy atom. The van der Waals surface area contributed by atoms with Gasteiger partial charge in [0.1, 0.15) is 16.9 Å². The molecule has 0 amide bonds. The molecule has 1 N–H and O–H groups in total. The summed E-state index contributed by atoms with van der Waals surface area (Å²) in [6.45, 7) is 2.63. The van der Waals surface area contributed by atoms with Gasteiger partial charge < -0.3 is 10.1 Å². The van der Waals surface area contributed by atoms with Gasteiger partial charge in [-0.05, 0) is 55.0 Å². The average Bonchev–Trinajstić information content (AvgIpc) is 3.10. The minimum atomic E-state index is -0.0685. The van der Waals surface area contributed by atoms with Gasteiger partial charge in [0.15, 0.2) is 4.34 Å². The predicted octanol–water partition coefficient (Wildman–Crippen LogP) is 7.41. The number of nitrogens with one attached hydrogen (secondary N) is 1. The van der Waals surface area contributed by atoms with Gasteiger partial charge in [0.2, 0.25) is 0 Å². The summed E-state index contributed by atoms with van der Waals surface area (Å²) >= 11 is 12.9. The third-order valence-electron chi connectivity index (χ3n) is 4.04. The average molecular weight is 507 g/mol. The number of rotatable bonds is 7. The number of fused-ring (bicyclic) bond motifs is 1. The highest BCUT2D eigenvalue weighted by atomic mass is 79.9. The van der Waals surface area contributed by atoms with Crippen LogP contribution in [0.25, 0.3) is 10.2 Å². The van der Waals surface area contributed by atoms with Gasteiger partial charge in [-0.15, -0.1) is 11.3 Å². The Morgan fingerprint density at radius 3 is 2.76 bits per heavy atom. The van der Waals surface area contributed by atoms with Crippen molar-refractivity contribution in [2.24, 2.45) is 0 Å². The van der Waals surface area contributed by atoms with Crippen LogP contribution < -0.4 is 10.1 Å². The van der Waals surface area contributed by atoms with Crippen molar-refractivity contribution in [3.63, 3.8) is 0 Å². The molecule has 0 fully saturated rings. The summed E-state index contributed by atoms with van der Waals surface area (Å²) in [6.07, 6.45) is 1.70. The number of thioether (sulfide) groups is 1. The van der Waals surface area contributed by atoms with Gasteiger partial charge >= 0.3 is 0 Å². The molecule has 8 heteroatoms. The zero-order valence-electron chi connectivity index (χ0n) is 15.4. The number of aromatic nitrogens is 2. The van der Waals surface area contributed by atoms with Crippen molar-refractivity contribution in [2.45, 2.75) is 16.6 Å². The van der Waals surface area contributed by atoms with Crippen molar-refractivity contribution in [1.82, 2.24) is 9.97 Å². The lowest BCUT2D eigenvalue weighted by Crippen LogP contribution is -2.08. The highest BCUT2D eigenvalue weighted by Crippen LogP contribution is 2.40. The lowest BCUT2D eigenvalue weighted by molar-refractivity contribution is 0.341. The van der Waals surface area contributed by atoms with Crippen LogP contribution in [0.5, 0.6) is 5.75 Å². The van der Waals surface area contributed by atoms with E-state index in [1.807, 2.05) is 43.3 Å². The van der Waals surface area contributed by atoms with E-state index in [4.69, 9.17) is 21.3 Å². The molecule has 2 heterocycles. The highest BCUT2D eigenvalue weighted by molar-refractivity contribution is 9.10. The second-order valence-corrected chi connectivity index (χ2v) is 9.83. The van der Waals surface area contributed by atoms with Crippen molar-refractivity contribution in [3.8, 4) is 5.75 Å². The molecule has 0 radical (unpaired) electrons. The number of halogens is 2. The molecule has 4 rings (SSSR count). The van der Waals surface area contributed by atoms with Crippen molar-refractivity contribution >= 4 is 66.7 Å². The van der Waals surface area contributed by atoms with Gasteiger partial charge in [-0.1, -0.05) is 51.4 Å². The first-order valence-corrected chi connectivity index (χ1v) is 11.8. The number of benzene rings is 2. The van der Waals surface area contributed by atoms with Gasteiger partial charge in [-0.2, -0.15) is 0 Å². The van der Waals surface area contributed by atoms with E-state index in [1.165, 1.54) is 0 Å². The normalized spacial score (nSPS) is 12.1. The van der Waals surface area contributed by atoms with E-state index in [-0.39, 0.29) is 5.37 Å². The molecule has 2 aromatic heterocycles. The summed E-state index contributed by atoms with van der Waals surface area (Å²) in [5, 5.41) is 4.05. The van der Waals surface area contributed by atoms with Crippen LogP contribution in [0.1, 0.15) is 17.9 Å². The molecule has 4 aromatic rings. The second kappa shape index (κ2) is 9.34. The van der Waals surface area contributed by atoms with Crippen molar-refractivity contribution in [1.29, 1.82) is 0 Å². The standard InChI is InChI=1S/C21H17BrClN3OS2/c1-2-27-16-7-8-17-18(12-16)28-21(25-17)29-20(13-3-5-14(22)6-4-13)26-19-11-15(23)9-10-24-19/h3-12,20H,2H2,1H3,(H,24,26)/t20-/m0/s1. The van der Waals surface area contributed by atoms with Crippen molar-refractivity contribution < 1.29 is 4.74 Å². The van der Waals surface area contributed by atoms with Crippen LogP contribution in [0.15, 0.2) is 69.6 Å². The molecule has 0 spiro atoms. The molecule has 0 unspecified atom stereocenters. The molecule has 0 aliphatic carbocycles. The highest BCUT2D eigenvalue weighted by Gasteiger charge is 2.17. The Morgan fingerprint density at radius 1 is 1.17 bits per heavy atom. The van der Waals surface area contributed by atoms with Gasteiger partial charge in [-0.25, -0.2) is 9.97 Å². The Hall–Kier alpha value is -1.80. The summed E-state index contributed by atoms with van der Waals surface area (Å²) in [6, 6.07) is 17.8. The second-order valence-electron chi connectivity index (χ2n) is 6.10. The van der Waals surface area contributed by atoms with Crippen LogP contribution in [-0.2, 0) is 0 Å². The number of hydrogen-bond donors (Lipinski definition) is 1. The summed E-state index contributed by atoms with van der Waals surface area (Å²) in [5.74, 6) is 1.59. The van der Waals surface area contributed by atoms with E-state index < -0.39 is 0 Å². The quantitative estimate of drug-likeness (QED) is 0.209. The summed E-state index contributed by atoms with van der Waals surface area (Å²) < 4.78 is 8.72. The molecule has 4 nitrogen and oxygen atoms in total. The molecular formula is C21H17BrClN3OS2. The zero-order valence-corrected chi connectivity index (χ0v) is 19.4. The smallest absolute Gasteiger partial charge is 0.153 e. The third-order valence-corrected chi connectivity index (χ3v) is 7.08. The van der Waals surface area contributed by atoms with E-state index >= 15 is 0 Å². The topological polar surface area (TPSA) is 47.0 Å². The monoisotopic (exact) mass is 505 g/mol. The molecule has 0 aliphatic heterocycles. The Labute approximate surface area is 190 Å². The van der Waals surface area contributed by atoms with E-state index in [2.05, 4.69) is 38.4 Å². The number of hydrogen-bond acceptors (Lipinski definition) is 6. The SMILES string of the molecule is CCOc1ccc2nc(S[C@H](Nc3cc(Cl)ccn3)c3ccc(Br)cc3)sc2c1. The first kappa shape index (κ1) is 20.5. The Kier molecular flexibility index (Phi) is 6.60. The van der Waals surface area contributed by atoms with Crippen molar-refractivity contribution in [2.75, 3.05) is 11.9 Å². The lowest BCUT2D eigenvalue weighted by atomic mass is 10.2. The van der Waals surface area contributed by atoms with Crippen LogP contribution in [0.3, 0.4) is 0 Å². The van der Waals surface area contributed by atoms with Crippen LogP contribution in [0.2, 0.25) is 5.02 Å². The largest absolute Gasteiger partial charge is 0.494 e. The van der Waals surface area contributed by atoms with E-state index in [0.717, 1.165) is 36.2 Å². The van der Waals surface area contributed by atoms with Gasteiger partial charge in [-0.3, -0.25) is 0 Å². The number of thiazole rings is 1. The van der Waals surface area contributed by atoms with Gasteiger partial charge in [0, 0.05) is 15.7 Å². The molecule has 29 heavy (non-hydrogen) atoms. The zero-order chi connectivity index (χ0) is 20.2. The molecule has 0 saturated heterocycles. The first-order valence-electron chi connectivity index (χ1n) is 8.94. The molecule has 0 aliphatic rings. The van der Waals surface area contributed by atoms with Crippen LogP contribution in [0, 0.1) is 0 Å². The minimum absolute atomic E-state index is 0.0685. The Balaban J connectivity index is 1.63. The van der Waals surface area contributed by atoms with Crippen LogP contribution in [-0.4, -0.2) is 16.6 Å². The fourth-order valence-electron chi connectivity index (χ4n) is 2.73. The third kappa shape index (κ3) is 5.22.